The number of nitrogens with two attached hydrogens (primary N) is 1. The minimum absolute atomic E-state index is 0.000970. The molecule has 2 aliphatic rings. The zero-order valence-corrected chi connectivity index (χ0v) is 40.9. The lowest BCUT2D eigenvalue weighted by molar-refractivity contribution is -0.184. The summed E-state index contributed by atoms with van der Waals surface area (Å²) in [4.78, 5) is 78.1. The number of aliphatic hydroxyl groups excluding tert-OH is 4. The summed E-state index contributed by atoms with van der Waals surface area (Å²) in [6.07, 6.45) is 1.95. The van der Waals surface area contributed by atoms with E-state index in [2.05, 4.69) is 23.1 Å². The molecule has 2 saturated heterocycles. The van der Waals surface area contributed by atoms with Crippen LogP contribution in [0, 0.1) is 17.8 Å². The summed E-state index contributed by atoms with van der Waals surface area (Å²) in [5.41, 5.74) is 4.74. The molecule has 1 aromatic heterocycles. The number of unbranched alkanes of at least 4 members (excludes halogenated alkanes) is 7. The van der Waals surface area contributed by atoms with E-state index < -0.39 is 120 Å². The van der Waals surface area contributed by atoms with Crippen LogP contribution in [0.15, 0.2) is 29.2 Å². The van der Waals surface area contributed by atoms with Gasteiger partial charge in [0.05, 0.1) is 37.4 Å². The number of Topliss-reactive ketones (excluding diaryl/α,β-unsaturated/α-hetero) is 1. The summed E-state index contributed by atoms with van der Waals surface area (Å²) in [7, 11) is -11.3. The van der Waals surface area contributed by atoms with Crippen molar-refractivity contribution < 1.29 is 81.3 Å². The lowest BCUT2D eigenvalue weighted by atomic mass is 9.83. The molecule has 11 atom stereocenters. The molecular weight excluding hydrogens is 920 g/mol. The fourth-order valence-corrected chi connectivity index (χ4v) is 9.97. The van der Waals surface area contributed by atoms with Crippen LogP contribution in [0.2, 0.25) is 0 Å². The Balaban J connectivity index is 1.93. The number of rotatable bonds is 17. The van der Waals surface area contributed by atoms with Gasteiger partial charge in [0.1, 0.15) is 36.6 Å². The fraction of sp³-hybridized carbons (Fsp3) is 0.795. The van der Waals surface area contributed by atoms with E-state index in [1.807, 2.05) is 6.92 Å². The van der Waals surface area contributed by atoms with Gasteiger partial charge in [-0.15, -0.1) is 0 Å². The predicted molar refractivity (Wildman–Crippen MR) is 244 cm³/mol. The Kier molecular flexibility index (Phi) is 26.1. The lowest BCUT2D eigenvalue weighted by Crippen LogP contribution is -2.51. The second-order valence-electron chi connectivity index (χ2n) is 17.9. The maximum absolute atomic E-state index is 14.3. The van der Waals surface area contributed by atoms with E-state index in [1.165, 1.54) is 18.2 Å². The number of aromatic nitrogens is 2. The molecule has 21 nitrogen and oxygen atoms in total. The van der Waals surface area contributed by atoms with Crippen LogP contribution in [0.25, 0.3) is 0 Å². The highest BCUT2D eigenvalue weighted by atomic mass is 31.3. The van der Waals surface area contributed by atoms with Crippen molar-refractivity contribution in [2.45, 2.75) is 186 Å². The van der Waals surface area contributed by atoms with E-state index in [9.17, 15) is 58.5 Å². The third-order valence-electron chi connectivity index (χ3n) is 11.7. The molecule has 2 bridgehead atoms. The second kappa shape index (κ2) is 30.0. The topological polar surface area (TPSA) is 323 Å². The van der Waals surface area contributed by atoms with Gasteiger partial charge in [0.15, 0.2) is 6.10 Å². The molecule has 0 amide bonds. The van der Waals surface area contributed by atoms with Gasteiger partial charge in [-0.05, 0) is 37.7 Å². The number of carbonyl (C=O) groups excluding carboxylic acids is 3. The van der Waals surface area contributed by atoms with Crippen LogP contribution < -0.4 is 11.4 Å². The summed E-state index contributed by atoms with van der Waals surface area (Å²) in [5, 5.41) is 45.4. The SMILES string of the molecule is CCCCC[C@H](O)/C=C/[C@@H]1[C@H](O)[C@H](O)[C@H]2COP(=O)(O)OP(=O)(O)OC[C@H](OC(=O)CCCCCCCCC(C)C)COC(=O)CCCCCC[C@@H](C(=O)C[C@H]1O)[C@H](n1ccc(N)nc1=O)O2. The number of cyclic esters (lactones) is 1. The van der Waals surface area contributed by atoms with Gasteiger partial charge in [-0.1, -0.05) is 110 Å². The molecule has 0 aliphatic carbocycles. The molecule has 3 heterocycles. The maximum atomic E-state index is 14.3. The number of aliphatic hydroxyl groups is 4. The van der Waals surface area contributed by atoms with Gasteiger partial charge < -0.3 is 50.2 Å². The minimum atomic E-state index is -5.70. The number of nitrogens with zero attached hydrogens (tertiary/aromatic N) is 2. The average Bonchev–Trinajstić information content (AvgIpc) is 3.24. The molecule has 3 rings (SSSR count). The third kappa shape index (κ3) is 22.2. The Morgan fingerprint density at radius 3 is 2.25 bits per heavy atom. The van der Waals surface area contributed by atoms with Crippen molar-refractivity contribution in [1.29, 1.82) is 0 Å². The van der Waals surface area contributed by atoms with Crippen LogP contribution in [-0.2, 0) is 51.1 Å². The Hall–Kier alpha value is -2.91. The summed E-state index contributed by atoms with van der Waals surface area (Å²) < 4.78 is 58.7. The number of anilines is 1. The van der Waals surface area contributed by atoms with Crippen LogP contribution in [0.4, 0.5) is 5.82 Å². The van der Waals surface area contributed by atoms with Gasteiger partial charge in [-0.3, -0.25) is 28.0 Å². The lowest BCUT2D eigenvalue weighted by Gasteiger charge is -2.38. The first-order valence-electron chi connectivity index (χ1n) is 23.7. The molecule has 0 saturated carbocycles. The molecule has 1 aromatic rings. The van der Waals surface area contributed by atoms with Crippen molar-refractivity contribution in [2.75, 3.05) is 25.6 Å². The fourth-order valence-electron chi connectivity index (χ4n) is 7.86. The number of hydrogen-bond acceptors (Lipinski definition) is 18. The van der Waals surface area contributed by atoms with Gasteiger partial charge >= 0.3 is 33.3 Å². The van der Waals surface area contributed by atoms with Crippen molar-refractivity contribution in [3.05, 3.63) is 34.9 Å². The molecular formula is C44H75N3O18P2. The highest BCUT2D eigenvalue weighted by Gasteiger charge is 2.45. The number of ketones is 1. The van der Waals surface area contributed by atoms with Gasteiger partial charge in [0, 0.05) is 31.4 Å². The molecule has 0 spiro atoms. The number of ether oxygens (including phenoxy) is 3. The standard InChI is InChI=1S/C44H75N3O18P2/c1-4-5-12-18-31(48)22-23-33-35(49)26-36(50)34-19-14-10-11-15-20-39(51)60-27-32(63-40(52)21-16-9-7-6-8-13-17-30(2)3)28-61-66(56,57)65-67(58,59)62-29-37(42(54)41(33)53)64-43(34)47-25-24-38(45)46-44(47)55/h22-25,30-35,37,41-43,48-49,53-54H,4-21,26-29H2,1-3H3,(H,56,57)(H,58,59)(H2,45,46,55)/b23-22+/t31-,32+,33-,34-,35+,37+,41-,42+,43+/m0/s1. The average molecular weight is 996 g/mol. The van der Waals surface area contributed by atoms with Crippen molar-refractivity contribution in [1.82, 2.24) is 9.55 Å². The largest absolute Gasteiger partial charge is 0.481 e. The van der Waals surface area contributed by atoms with Crippen LogP contribution >= 0.6 is 15.6 Å². The zero-order chi connectivity index (χ0) is 49.6. The van der Waals surface area contributed by atoms with Crippen molar-refractivity contribution >= 4 is 39.2 Å². The van der Waals surface area contributed by atoms with Crippen LogP contribution in [-0.4, -0.2) is 114 Å². The maximum Gasteiger partial charge on any atom is 0.481 e. The minimum Gasteiger partial charge on any atom is -0.462 e. The Labute approximate surface area is 393 Å². The van der Waals surface area contributed by atoms with E-state index in [4.69, 9.17) is 29.0 Å². The molecule has 2 aliphatic heterocycles. The molecule has 23 heteroatoms. The van der Waals surface area contributed by atoms with E-state index >= 15 is 0 Å². The summed E-state index contributed by atoms with van der Waals surface area (Å²) >= 11 is 0. The summed E-state index contributed by atoms with van der Waals surface area (Å²) in [6.45, 7) is 3.61. The molecule has 2 unspecified atom stereocenters. The van der Waals surface area contributed by atoms with Gasteiger partial charge in [-0.2, -0.15) is 9.29 Å². The molecule has 67 heavy (non-hydrogen) atoms. The van der Waals surface area contributed by atoms with Crippen LogP contribution in [0.5, 0.6) is 0 Å². The van der Waals surface area contributed by atoms with Crippen molar-refractivity contribution in [3.8, 4) is 0 Å². The number of carbonyl (C=O) groups is 3. The van der Waals surface area contributed by atoms with E-state index in [-0.39, 0.29) is 25.1 Å². The Morgan fingerprint density at radius 1 is 0.910 bits per heavy atom. The number of phosphoric acid groups is 2. The number of fused-ring (bicyclic) bond motifs is 3. The monoisotopic (exact) mass is 995 g/mol. The second-order valence-corrected chi connectivity index (χ2v) is 20.9. The molecule has 384 valence electrons. The third-order valence-corrected chi connectivity index (χ3v) is 14.3. The number of nitrogen functional groups attached to an aromatic ring is 1. The van der Waals surface area contributed by atoms with Gasteiger partial charge in [0.25, 0.3) is 0 Å². The molecule has 2 fully saturated rings. The normalized spacial score (nSPS) is 31.0. The number of esters is 2. The van der Waals surface area contributed by atoms with Crippen molar-refractivity contribution in [3.63, 3.8) is 0 Å². The van der Waals surface area contributed by atoms with Crippen LogP contribution in [0.3, 0.4) is 0 Å². The smallest absolute Gasteiger partial charge is 0.462 e. The summed E-state index contributed by atoms with van der Waals surface area (Å²) in [5.74, 6) is -4.30. The summed E-state index contributed by atoms with van der Waals surface area (Å²) in [6, 6.07) is 1.23. The first-order chi connectivity index (χ1) is 31.7. The highest BCUT2D eigenvalue weighted by molar-refractivity contribution is 7.61. The first kappa shape index (κ1) is 58.4. The Bertz CT molecular complexity index is 1850. The molecule has 8 N–H and O–H groups in total. The van der Waals surface area contributed by atoms with Gasteiger partial charge in [-0.25, -0.2) is 13.9 Å². The van der Waals surface area contributed by atoms with E-state index in [0.717, 1.165) is 62.1 Å². The van der Waals surface area contributed by atoms with Crippen LogP contribution in [0.1, 0.15) is 149 Å². The molecule has 0 aromatic carbocycles. The molecule has 0 radical (unpaired) electrons. The number of phosphoric ester groups is 2. The van der Waals surface area contributed by atoms with E-state index in [1.54, 1.807) is 0 Å². The highest BCUT2D eigenvalue weighted by Crippen LogP contribution is 2.60. The van der Waals surface area contributed by atoms with E-state index in [0.29, 0.717) is 50.9 Å². The quantitative estimate of drug-likeness (QED) is 0.0449. The Morgan fingerprint density at radius 2 is 1.57 bits per heavy atom. The number of hydrogen-bond donors (Lipinski definition) is 7. The van der Waals surface area contributed by atoms with Crippen molar-refractivity contribution in [2.24, 2.45) is 17.8 Å². The predicted octanol–water partition coefficient (Wildman–Crippen LogP) is 5.33. The zero-order valence-electron chi connectivity index (χ0n) is 39.1. The van der Waals surface area contributed by atoms with Gasteiger partial charge in [0.2, 0.25) is 0 Å². The first-order valence-corrected chi connectivity index (χ1v) is 26.7.